The van der Waals surface area contributed by atoms with Gasteiger partial charge in [-0.2, -0.15) is 5.10 Å². The highest BCUT2D eigenvalue weighted by Gasteiger charge is 2.19. The van der Waals surface area contributed by atoms with Gasteiger partial charge in [-0.3, -0.25) is 9.78 Å². The molecule has 6 rings (SSSR count). The maximum absolute atomic E-state index is 14.0. The van der Waals surface area contributed by atoms with E-state index in [4.69, 9.17) is 4.98 Å². The molecular formula is C28H19FN6O. The van der Waals surface area contributed by atoms with Gasteiger partial charge in [0.05, 0.1) is 5.69 Å². The minimum absolute atomic E-state index is 0.279. The summed E-state index contributed by atoms with van der Waals surface area (Å²) in [4.78, 5) is 26.3. The van der Waals surface area contributed by atoms with Gasteiger partial charge in [0.1, 0.15) is 23.0 Å². The van der Waals surface area contributed by atoms with Gasteiger partial charge in [-0.25, -0.2) is 18.9 Å². The van der Waals surface area contributed by atoms with E-state index in [9.17, 15) is 9.18 Å². The summed E-state index contributed by atoms with van der Waals surface area (Å²) in [6.07, 6.45) is 4.96. The van der Waals surface area contributed by atoms with Crippen molar-refractivity contribution >= 4 is 28.1 Å². The summed E-state index contributed by atoms with van der Waals surface area (Å²) >= 11 is 0. The Morgan fingerprint density at radius 2 is 1.75 bits per heavy atom. The highest BCUT2D eigenvalue weighted by atomic mass is 19.1. The van der Waals surface area contributed by atoms with E-state index < -0.39 is 0 Å². The van der Waals surface area contributed by atoms with Crippen LogP contribution in [0.2, 0.25) is 0 Å². The first-order chi connectivity index (χ1) is 17.6. The maximum Gasteiger partial charge on any atom is 0.275 e. The molecule has 4 heterocycles. The Morgan fingerprint density at radius 3 is 2.61 bits per heavy atom. The highest BCUT2D eigenvalue weighted by molar-refractivity contribution is 6.04. The molecule has 0 spiro atoms. The van der Waals surface area contributed by atoms with Gasteiger partial charge < -0.3 is 5.32 Å². The monoisotopic (exact) mass is 474 g/mol. The molecule has 1 N–H and O–H groups in total. The van der Waals surface area contributed by atoms with Gasteiger partial charge in [0, 0.05) is 35.1 Å². The van der Waals surface area contributed by atoms with Crippen LogP contribution < -0.4 is 5.32 Å². The second kappa shape index (κ2) is 8.66. The van der Waals surface area contributed by atoms with Crippen LogP contribution in [-0.4, -0.2) is 30.5 Å². The molecular weight excluding hydrogens is 455 g/mol. The Bertz CT molecular complexity index is 1780. The SMILES string of the molecule is Cc1cc(-c2nc3cccnn3c2-c2ccnc(NC(=O)c3cc4ccccc4cn3)c2)ccc1F. The number of fused-ring (bicyclic) bond motifs is 2. The van der Waals surface area contributed by atoms with E-state index in [1.54, 1.807) is 60.4 Å². The van der Waals surface area contributed by atoms with Crippen LogP contribution in [0.1, 0.15) is 16.1 Å². The standard InChI is InChI=1S/C28H19FN6O/c1-17-13-19(8-9-22(17)29)26-27(35-25(34-26)7-4-11-32-35)20-10-12-30-24(15-20)33-28(36)23-14-18-5-2-3-6-21(18)16-31-23/h2-16H,1H3,(H,30,33,36). The van der Waals surface area contributed by atoms with Crippen LogP contribution in [0.25, 0.3) is 38.9 Å². The van der Waals surface area contributed by atoms with Gasteiger partial charge >= 0.3 is 0 Å². The molecule has 6 aromatic rings. The number of carbonyl (C=O) groups excluding carboxylic acids is 1. The predicted molar refractivity (Wildman–Crippen MR) is 136 cm³/mol. The number of aryl methyl sites for hydroxylation is 1. The third kappa shape index (κ3) is 3.84. The largest absolute Gasteiger partial charge is 0.305 e. The molecule has 4 aromatic heterocycles. The lowest BCUT2D eigenvalue weighted by atomic mass is 10.0. The number of anilines is 1. The van der Waals surface area contributed by atoms with Crippen LogP contribution in [0.15, 0.2) is 91.4 Å². The number of benzene rings is 2. The zero-order valence-corrected chi connectivity index (χ0v) is 19.2. The van der Waals surface area contributed by atoms with Crippen LogP contribution >= 0.6 is 0 Å². The highest BCUT2D eigenvalue weighted by Crippen LogP contribution is 2.33. The molecule has 0 aliphatic rings. The number of nitrogens with one attached hydrogen (secondary N) is 1. The summed E-state index contributed by atoms with van der Waals surface area (Å²) in [5.74, 6) is -0.283. The van der Waals surface area contributed by atoms with Crippen molar-refractivity contribution in [1.82, 2.24) is 24.6 Å². The molecule has 0 radical (unpaired) electrons. The van der Waals surface area contributed by atoms with E-state index in [1.807, 2.05) is 36.4 Å². The lowest BCUT2D eigenvalue weighted by Crippen LogP contribution is -2.14. The number of amides is 1. The topological polar surface area (TPSA) is 85.1 Å². The molecule has 2 aromatic carbocycles. The smallest absolute Gasteiger partial charge is 0.275 e. The predicted octanol–water partition coefficient (Wildman–Crippen LogP) is 5.71. The van der Waals surface area contributed by atoms with Crippen molar-refractivity contribution in [2.75, 3.05) is 5.32 Å². The molecule has 174 valence electrons. The normalized spacial score (nSPS) is 11.2. The summed E-state index contributed by atoms with van der Waals surface area (Å²) in [5.41, 5.74) is 4.32. The Labute approximate surface area is 205 Å². The Balaban J connectivity index is 1.40. The molecule has 0 saturated carbocycles. The quantitative estimate of drug-likeness (QED) is 0.354. The van der Waals surface area contributed by atoms with Gasteiger partial charge in [0.15, 0.2) is 5.65 Å². The molecule has 1 amide bonds. The molecule has 7 nitrogen and oxygen atoms in total. The summed E-state index contributed by atoms with van der Waals surface area (Å²) in [5, 5.41) is 9.19. The summed E-state index contributed by atoms with van der Waals surface area (Å²) in [6, 6.07) is 21.6. The van der Waals surface area contributed by atoms with E-state index in [0.717, 1.165) is 21.9 Å². The van der Waals surface area contributed by atoms with Crippen LogP contribution in [0.4, 0.5) is 10.2 Å². The number of aromatic nitrogens is 5. The molecule has 0 aliphatic carbocycles. The van der Waals surface area contributed by atoms with Crippen molar-refractivity contribution < 1.29 is 9.18 Å². The maximum atomic E-state index is 14.0. The van der Waals surface area contributed by atoms with E-state index in [1.165, 1.54) is 6.07 Å². The number of rotatable bonds is 4. The van der Waals surface area contributed by atoms with Crippen LogP contribution in [-0.2, 0) is 0 Å². The first-order valence-electron chi connectivity index (χ1n) is 11.3. The van der Waals surface area contributed by atoms with Gasteiger partial charge in [0.2, 0.25) is 0 Å². The molecule has 0 bridgehead atoms. The fraction of sp³-hybridized carbons (Fsp3) is 0.0357. The number of imidazole rings is 1. The van der Waals surface area contributed by atoms with Crippen molar-refractivity contribution in [3.8, 4) is 22.5 Å². The van der Waals surface area contributed by atoms with Crippen molar-refractivity contribution in [2.24, 2.45) is 0 Å². The van der Waals surface area contributed by atoms with Crippen LogP contribution in [0.5, 0.6) is 0 Å². The molecule has 36 heavy (non-hydrogen) atoms. The van der Waals surface area contributed by atoms with Crippen molar-refractivity contribution in [3.63, 3.8) is 0 Å². The fourth-order valence-corrected chi connectivity index (χ4v) is 4.18. The molecule has 0 aliphatic heterocycles. The van der Waals surface area contributed by atoms with Crippen molar-refractivity contribution in [1.29, 1.82) is 0 Å². The van der Waals surface area contributed by atoms with E-state index in [2.05, 4.69) is 20.4 Å². The zero-order valence-electron chi connectivity index (χ0n) is 19.2. The molecule has 0 fully saturated rings. The lowest BCUT2D eigenvalue weighted by molar-refractivity contribution is 0.102. The number of hydrogen-bond donors (Lipinski definition) is 1. The lowest BCUT2D eigenvalue weighted by Gasteiger charge is -2.09. The summed E-state index contributed by atoms with van der Waals surface area (Å²) in [6.45, 7) is 1.72. The van der Waals surface area contributed by atoms with Crippen LogP contribution in [0.3, 0.4) is 0 Å². The Hall–Kier alpha value is -4.98. The number of nitrogens with zero attached hydrogens (tertiary/aromatic N) is 5. The fourth-order valence-electron chi connectivity index (χ4n) is 4.18. The minimum Gasteiger partial charge on any atom is -0.305 e. The van der Waals surface area contributed by atoms with Crippen molar-refractivity contribution in [3.05, 3.63) is 108 Å². The van der Waals surface area contributed by atoms with Crippen molar-refractivity contribution in [2.45, 2.75) is 6.92 Å². The zero-order chi connectivity index (χ0) is 24.6. The number of pyridine rings is 2. The van der Waals surface area contributed by atoms with Gasteiger partial charge in [0.25, 0.3) is 5.91 Å². The first-order valence-corrected chi connectivity index (χ1v) is 11.3. The third-order valence-electron chi connectivity index (χ3n) is 5.96. The van der Waals surface area contributed by atoms with Gasteiger partial charge in [-0.1, -0.05) is 24.3 Å². The van der Waals surface area contributed by atoms with Gasteiger partial charge in [-0.05, 0) is 66.4 Å². The third-order valence-corrected chi connectivity index (χ3v) is 5.96. The average Bonchev–Trinajstić information content (AvgIpc) is 3.30. The van der Waals surface area contributed by atoms with Crippen LogP contribution in [0, 0.1) is 12.7 Å². The second-order valence-corrected chi connectivity index (χ2v) is 8.37. The molecule has 0 unspecified atom stereocenters. The number of halogens is 1. The van der Waals surface area contributed by atoms with Gasteiger partial charge in [-0.15, -0.1) is 0 Å². The summed E-state index contributed by atoms with van der Waals surface area (Å²) < 4.78 is 15.7. The average molecular weight is 474 g/mol. The molecule has 8 heteroatoms. The van der Waals surface area contributed by atoms with E-state index in [-0.39, 0.29) is 11.7 Å². The first kappa shape index (κ1) is 21.5. The van der Waals surface area contributed by atoms with E-state index in [0.29, 0.717) is 34.1 Å². The molecule has 0 atom stereocenters. The Morgan fingerprint density at radius 1 is 0.889 bits per heavy atom. The number of carbonyl (C=O) groups is 1. The Kier molecular flexibility index (Phi) is 5.19. The second-order valence-electron chi connectivity index (χ2n) is 8.37. The number of hydrogen-bond acceptors (Lipinski definition) is 5. The summed E-state index contributed by atoms with van der Waals surface area (Å²) in [7, 11) is 0. The molecule has 0 saturated heterocycles. The minimum atomic E-state index is -0.365. The van der Waals surface area contributed by atoms with E-state index >= 15 is 0 Å².